The molecule has 7 N–H and O–H groups in total. The van der Waals surface area contributed by atoms with E-state index in [1.54, 1.807) is 0 Å². The van der Waals surface area contributed by atoms with Crippen LogP contribution in [0, 0.1) is 7.05 Å². The quantitative estimate of drug-likeness (QED) is 0.301. The summed E-state index contributed by atoms with van der Waals surface area (Å²) in [6.45, 7) is 0. The molecule has 8 nitrogen and oxygen atoms in total. The van der Waals surface area contributed by atoms with E-state index in [-0.39, 0.29) is 22.5 Å². The van der Waals surface area contributed by atoms with Gasteiger partial charge >= 0.3 is 5.91 Å². The Morgan fingerprint density at radius 1 is 1.44 bits per heavy atom. The van der Waals surface area contributed by atoms with Gasteiger partial charge in [-0.05, 0) is 0 Å². The van der Waals surface area contributed by atoms with Gasteiger partial charge in [-0.2, -0.15) is 4.99 Å². The third-order valence-corrected chi connectivity index (χ3v) is 1.71. The summed E-state index contributed by atoms with van der Waals surface area (Å²) in [5, 5.41) is 2.04. The molecular formula is C7H8ClN7O. The molecule has 1 amide bonds. The number of anilines is 2. The Morgan fingerprint density at radius 3 is 2.56 bits per heavy atom. The van der Waals surface area contributed by atoms with Crippen molar-refractivity contribution in [2.24, 2.45) is 16.5 Å². The van der Waals surface area contributed by atoms with E-state index in [0.717, 1.165) is 0 Å². The van der Waals surface area contributed by atoms with Crippen LogP contribution in [0.25, 0.3) is 0 Å². The second-order valence-electron chi connectivity index (χ2n) is 2.58. The molecule has 0 aliphatic carbocycles. The van der Waals surface area contributed by atoms with Gasteiger partial charge in [-0.3, -0.25) is 4.79 Å². The van der Waals surface area contributed by atoms with E-state index in [0.29, 0.717) is 0 Å². The normalized spacial score (nSPS) is 9.62. The van der Waals surface area contributed by atoms with E-state index in [1.165, 1.54) is 0 Å². The van der Waals surface area contributed by atoms with Crippen LogP contribution in [0.2, 0.25) is 5.15 Å². The molecule has 0 fully saturated rings. The van der Waals surface area contributed by atoms with E-state index < -0.39 is 11.9 Å². The second kappa shape index (κ2) is 4.62. The molecule has 0 bridgehead atoms. The van der Waals surface area contributed by atoms with Crippen LogP contribution in [-0.2, 0) is 0 Å². The first kappa shape index (κ1) is 12.0. The van der Waals surface area contributed by atoms with Crippen LogP contribution >= 0.6 is 11.6 Å². The molecule has 16 heavy (non-hydrogen) atoms. The van der Waals surface area contributed by atoms with Crippen molar-refractivity contribution < 1.29 is 4.79 Å². The van der Waals surface area contributed by atoms with Crippen LogP contribution in [-0.4, -0.2) is 21.8 Å². The van der Waals surface area contributed by atoms with Gasteiger partial charge in [0.15, 0.2) is 28.4 Å². The van der Waals surface area contributed by atoms with Gasteiger partial charge in [0.05, 0.1) is 7.05 Å². The number of hydrogen-bond acceptors (Lipinski definition) is 5. The Hall–Kier alpha value is -2.09. The molecule has 0 atom stereocenters. The molecule has 1 aromatic rings. The summed E-state index contributed by atoms with van der Waals surface area (Å²) in [6.07, 6.45) is 0. The van der Waals surface area contributed by atoms with Crippen molar-refractivity contribution in [2.75, 3.05) is 11.1 Å². The number of nitrogen functional groups attached to an aromatic ring is 1. The molecule has 1 heterocycles. The van der Waals surface area contributed by atoms with Gasteiger partial charge in [-0.15, -0.1) is 0 Å². The van der Waals surface area contributed by atoms with Crippen LogP contribution in [0.1, 0.15) is 10.5 Å². The van der Waals surface area contributed by atoms with Crippen LogP contribution in [0.3, 0.4) is 0 Å². The largest absolute Gasteiger partial charge is 0.382 e. The lowest BCUT2D eigenvalue weighted by atomic mass is 10.4. The van der Waals surface area contributed by atoms with Crippen molar-refractivity contribution in [1.29, 1.82) is 0 Å². The Bertz CT molecular complexity index is 454. The number of rotatable bonds is 2. The summed E-state index contributed by atoms with van der Waals surface area (Å²) in [7, 11) is 5.08. The first-order valence-electron chi connectivity index (χ1n) is 3.89. The van der Waals surface area contributed by atoms with Gasteiger partial charge < -0.3 is 22.5 Å². The Kier molecular flexibility index (Phi) is 3.46. The highest BCUT2D eigenvalue weighted by atomic mass is 35.5. The molecule has 0 spiro atoms. The second-order valence-corrected chi connectivity index (χ2v) is 2.94. The number of amides is 1. The monoisotopic (exact) mass is 241 g/mol. The van der Waals surface area contributed by atoms with E-state index in [2.05, 4.69) is 20.3 Å². The fraction of sp³-hybridized carbons (Fsp3) is 0. The molecule has 0 aromatic carbocycles. The van der Waals surface area contributed by atoms with Crippen LogP contribution in [0.15, 0.2) is 4.99 Å². The van der Waals surface area contributed by atoms with Gasteiger partial charge in [-0.1, -0.05) is 11.6 Å². The first-order chi connectivity index (χ1) is 7.45. The van der Waals surface area contributed by atoms with Crippen LogP contribution in [0.4, 0.5) is 11.6 Å². The molecule has 9 heteroatoms. The lowest BCUT2D eigenvalue weighted by Crippen LogP contribution is -2.24. The third kappa shape index (κ3) is 2.48. The van der Waals surface area contributed by atoms with E-state index in [9.17, 15) is 4.79 Å². The molecule has 1 rings (SSSR count). The Balaban J connectivity index is 3.21. The molecule has 84 valence electrons. The van der Waals surface area contributed by atoms with Crippen molar-refractivity contribution >= 4 is 35.1 Å². The van der Waals surface area contributed by atoms with E-state index in [1.807, 2.05) is 0 Å². The maximum atomic E-state index is 11.4. The van der Waals surface area contributed by atoms with Gasteiger partial charge in [0.25, 0.3) is 0 Å². The number of carbonyl (C=O) groups excluding carboxylic acids is 1. The number of hydrogen-bond donors (Lipinski definition) is 4. The predicted molar refractivity (Wildman–Crippen MR) is 59.5 cm³/mol. The van der Waals surface area contributed by atoms with Crippen molar-refractivity contribution in [3.63, 3.8) is 0 Å². The van der Waals surface area contributed by atoms with Crippen molar-refractivity contribution in [1.82, 2.24) is 9.97 Å². The molecule has 0 aliphatic rings. The number of nitrogens with two attached hydrogens (primary N) is 3. The SMILES string of the molecule is [CH]Nc1nc(N)c(C(=O)N=C(N)N)nc1Cl. The number of nitrogens with one attached hydrogen (secondary N) is 1. The first-order valence-corrected chi connectivity index (χ1v) is 4.27. The summed E-state index contributed by atoms with van der Waals surface area (Å²) in [6, 6.07) is 0. The lowest BCUT2D eigenvalue weighted by molar-refractivity contribution is 0.0998. The van der Waals surface area contributed by atoms with E-state index >= 15 is 0 Å². The highest BCUT2D eigenvalue weighted by Crippen LogP contribution is 2.20. The maximum absolute atomic E-state index is 11.4. The van der Waals surface area contributed by atoms with Gasteiger partial charge in [0.1, 0.15) is 0 Å². The average Bonchev–Trinajstić information content (AvgIpc) is 2.19. The fourth-order valence-electron chi connectivity index (χ4n) is 0.847. The summed E-state index contributed by atoms with van der Waals surface area (Å²) in [5.74, 6) is -1.40. The molecular weight excluding hydrogens is 234 g/mol. The smallest absolute Gasteiger partial charge is 0.302 e. The van der Waals surface area contributed by atoms with Crippen LogP contribution < -0.4 is 22.5 Å². The van der Waals surface area contributed by atoms with Crippen molar-refractivity contribution in [3.05, 3.63) is 17.9 Å². The zero-order chi connectivity index (χ0) is 12.3. The summed E-state index contributed by atoms with van der Waals surface area (Å²) in [5.41, 5.74) is 15.2. The number of aromatic nitrogens is 2. The van der Waals surface area contributed by atoms with Crippen molar-refractivity contribution in [2.45, 2.75) is 0 Å². The lowest BCUT2D eigenvalue weighted by Gasteiger charge is -2.05. The summed E-state index contributed by atoms with van der Waals surface area (Å²) < 4.78 is 0. The minimum absolute atomic E-state index is 0.0421. The van der Waals surface area contributed by atoms with Gasteiger partial charge in [-0.25, -0.2) is 9.97 Å². The summed E-state index contributed by atoms with van der Waals surface area (Å²) in [4.78, 5) is 22.0. The summed E-state index contributed by atoms with van der Waals surface area (Å²) >= 11 is 5.65. The number of carbonyl (C=O) groups is 1. The highest BCUT2D eigenvalue weighted by Gasteiger charge is 2.16. The number of halogens is 1. The molecule has 2 radical (unpaired) electrons. The van der Waals surface area contributed by atoms with Gasteiger partial charge in [0, 0.05) is 0 Å². The maximum Gasteiger partial charge on any atom is 0.302 e. The number of aliphatic imine (C=N–C) groups is 1. The number of guanidine groups is 1. The number of nitrogens with zero attached hydrogens (tertiary/aromatic N) is 3. The zero-order valence-corrected chi connectivity index (χ0v) is 8.69. The molecule has 0 unspecified atom stereocenters. The standard InChI is InChI=1S/C7H8ClN7O/c1-12-5-3(8)13-2(4(9)14-5)6(16)15-7(10)11/h1H,(H3,9,12,14)(H4,10,11,15,16). The van der Waals surface area contributed by atoms with Gasteiger partial charge in [0.2, 0.25) is 0 Å². The molecule has 0 saturated heterocycles. The highest BCUT2D eigenvalue weighted by molar-refractivity contribution is 6.32. The fourth-order valence-corrected chi connectivity index (χ4v) is 1.03. The molecule has 0 aliphatic heterocycles. The third-order valence-electron chi connectivity index (χ3n) is 1.45. The predicted octanol–water partition coefficient (Wildman–Crippen LogP) is -0.794. The Morgan fingerprint density at radius 2 is 2.06 bits per heavy atom. The topological polar surface area (TPSA) is 145 Å². The molecule has 1 aromatic heterocycles. The van der Waals surface area contributed by atoms with E-state index in [4.69, 9.17) is 35.8 Å². The minimum atomic E-state index is -0.838. The minimum Gasteiger partial charge on any atom is -0.382 e. The zero-order valence-electron chi connectivity index (χ0n) is 7.94. The average molecular weight is 242 g/mol. The Labute approximate surface area is 95.9 Å². The van der Waals surface area contributed by atoms with Crippen molar-refractivity contribution in [3.8, 4) is 0 Å². The van der Waals surface area contributed by atoms with Crippen LogP contribution in [0.5, 0.6) is 0 Å². The molecule has 0 saturated carbocycles.